The molecule has 122 valence electrons. The van der Waals surface area contributed by atoms with Crippen molar-refractivity contribution in [2.45, 2.75) is 19.6 Å². The number of anilines is 1. The number of amides is 2. The number of nitrogens with one attached hydrogen (secondary N) is 2. The maximum Gasteiger partial charge on any atom is 0.319 e. The molecule has 0 bridgehead atoms. The maximum absolute atomic E-state index is 12.0. The van der Waals surface area contributed by atoms with Crippen molar-refractivity contribution in [1.29, 1.82) is 0 Å². The van der Waals surface area contributed by atoms with Crippen LogP contribution in [0.2, 0.25) is 0 Å². The van der Waals surface area contributed by atoms with E-state index in [4.69, 9.17) is 0 Å². The zero-order chi connectivity index (χ0) is 16.5. The number of carbonyl (C=O) groups excluding carboxylic acids is 1. The van der Waals surface area contributed by atoms with Gasteiger partial charge in [0.15, 0.2) is 0 Å². The van der Waals surface area contributed by atoms with Crippen molar-refractivity contribution in [2.24, 2.45) is 0 Å². The van der Waals surface area contributed by atoms with Gasteiger partial charge in [-0.1, -0.05) is 36.4 Å². The van der Waals surface area contributed by atoms with Crippen LogP contribution in [0.1, 0.15) is 16.7 Å². The SMILES string of the molecule is CSCCc1ccc(NC(=O)NCc2ccccc2CO)cc1. The molecule has 0 saturated carbocycles. The van der Waals surface area contributed by atoms with Crippen molar-refractivity contribution >= 4 is 23.5 Å². The molecule has 0 aliphatic heterocycles. The number of hydrogen-bond donors (Lipinski definition) is 3. The fraction of sp³-hybridized carbons (Fsp3) is 0.278. The molecule has 2 aromatic rings. The van der Waals surface area contributed by atoms with Crippen molar-refractivity contribution in [2.75, 3.05) is 17.3 Å². The van der Waals surface area contributed by atoms with Gasteiger partial charge in [-0.2, -0.15) is 11.8 Å². The van der Waals surface area contributed by atoms with Gasteiger partial charge in [0.2, 0.25) is 0 Å². The topological polar surface area (TPSA) is 61.4 Å². The van der Waals surface area contributed by atoms with Crippen LogP contribution in [0.15, 0.2) is 48.5 Å². The van der Waals surface area contributed by atoms with Gasteiger partial charge in [-0.3, -0.25) is 0 Å². The standard InChI is InChI=1S/C18H22N2O2S/c1-23-11-10-14-6-8-17(9-7-14)20-18(22)19-12-15-4-2-3-5-16(15)13-21/h2-9,21H,10-13H2,1H3,(H2,19,20,22). The van der Waals surface area contributed by atoms with Gasteiger partial charge in [-0.05, 0) is 47.3 Å². The second kappa shape index (κ2) is 9.22. The van der Waals surface area contributed by atoms with E-state index in [1.807, 2.05) is 60.3 Å². The Hall–Kier alpha value is -1.98. The van der Waals surface area contributed by atoms with Crippen LogP contribution in [0.5, 0.6) is 0 Å². The molecule has 0 aromatic heterocycles. The molecule has 0 saturated heterocycles. The van der Waals surface area contributed by atoms with E-state index in [9.17, 15) is 9.90 Å². The normalized spacial score (nSPS) is 10.3. The number of urea groups is 1. The van der Waals surface area contributed by atoms with Crippen LogP contribution in [-0.4, -0.2) is 23.1 Å². The molecule has 4 nitrogen and oxygen atoms in total. The molecule has 0 aliphatic carbocycles. The Bertz CT molecular complexity index is 629. The number of benzene rings is 2. The summed E-state index contributed by atoms with van der Waals surface area (Å²) in [5, 5.41) is 14.9. The molecular formula is C18H22N2O2S. The molecule has 5 heteroatoms. The van der Waals surface area contributed by atoms with Crippen molar-refractivity contribution in [1.82, 2.24) is 5.32 Å². The average Bonchev–Trinajstić information content (AvgIpc) is 2.59. The highest BCUT2D eigenvalue weighted by molar-refractivity contribution is 7.98. The van der Waals surface area contributed by atoms with Crippen molar-refractivity contribution in [3.63, 3.8) is 0 Å². The van der Waals surface area contributed by atoms with Gasteiger partial charge in [0.25, 0.3) is 0 Å². The summed E-state index contributed by atoms with van der Waals surface area (Å²) >= 11 is 1.82. The minimum Gasteiger partial charge on any atom is -0.392 e. The summed E-state index contributed by atoms with van der Waals surface area (Å²) in [6, 6.07) is 15.1. The first-order valence-electron chi connectivity index (χ1n) is 7.53. The van der Waals surface area contributed by atoms with Gasteiger partial charge in [0, 0.05) is 12.2 Å². The summed E-state index contributed by atoms with van der Waals surface area (Å²) in [6.45, 7) is 0.353. The van der Waals surface area contributed by atoms with E-state index in [1.165, 1.54) is 5.56 Å². The predicted molar refractivity (Wildman–Crippen MR) is 96.8 cm³/mol. The van der Waals surface area contributed by atoms with Gasteiger partial charge >= 0.3 is 6.03 Å². The zero-order valence-electron chi connectivity index (χ0n) is 13.2. The lowest BCUT2D eigenvalue weighted by molar-refractivity contribution is 0.251. The van der Waals surface area contributed by atoms with Crippen LogP contribution in [0.3, 0.4) is 0 Å². The van der Waals surface area contributed by atoms with Gasteiger partial charge in [0.1, 0.15) is 0 Å². The molecule has 3 N–H and O–H groups in total. The Kier molecular flexibility index (Phi) is 6.97. The van der Waals surface area contributed by atoms with Crippen LogP contribution < -0.4 is 10.6 Å². The largest absolute Gasteiger partial charge is 0.392 e. The highest BCUT2D eigenvalue weighted by Gasteiger charge is 2.04. The third-order valence-electron chi connectivity index (χ3n) is 3.53. The number of rotatable bonds is 7. The summed E-state index contributed by atoms with van der Waals surface area (Å²) in [4.78, 5) is 12.0. The van der Waals surface area contributed by atoms with Gasteiger partial charge < -0.3 is 15.7 Å². The number of carbonyl (C=O) groups is 1. The fourth-order valence-corrected chi connectivity index (χ4v) is 2.65. The van der Waals surface area contributed by atoms with Crippen LogP contribution in [0.4, 0.5) is 10.5 Å². The molecule has 2 rings (SSSR count). The first-order chi connectivity index (χ1) is 11.2. The van der Waals surface area contributed by atoms with Gasteiger partial charge in [0.05, 0.1) is 6.61 Å². The molecule has 0 heterocycles. The lowest BCUT2D eigenvalue weighted by atomic mass is 10.1. The second-order valence-corrected chi connectivity index (χ2v) is 6.16. The summed E-state index contributed by atoms with van der Waals surface area (Å²) in [5.41, 5.74) is 3.77. The second-order valence-electron chi connectivity index (χ2n) is 5.17. The number of hydrogen-bond acceptors (Lipinski definition) is 3. The highest BCUT2D eigenvalue weighted by atomic mass is 32.2. The number of thioether (sulfide) groups is 1. The minimum atomic E-state index is -0.255. The molecular weight excluding hydrogens is 308 g/mol. The molecule has 0 radical (unpaired) electrons. The van der Waals surface area contributed by atoms with Crippen LogP contribution in [0, 0.1) is 0 Å². The Morgan fingerprint density at radius 1 is 1.09 bits per heavy atom. The fourth-order valence-electron chi connectivity index (χ4n) is 2.21. The predicted octanol–water partition coefficient (Wildman–Crippen LogP) is 3.41. The van der Waals surface area contributed by atoms with Crippen LogP contribution in [-0.2, 0) is 19.6 Å². The highest BCUT2D eigenvalue weighted by Crippen LogP contribution is 2.12. The van der Waals surface area contributed by atoms with Crippen LogP contribution >= 0.6 is 11.8 Å². The quantitative estimate of drug-likeness (QED) is 0.729. The lowest BCUT2D eigenvalue weighted by Crippen LogP contribution is -2.28. The third kappa shape index (κ3) is 5.62. The van der Waals surface area contributed by atoms with E-state index in [2.05, 4.69) is 16.9 Å². The first kappa shape index (κ1) is 17.4. The summed E-state index contributed by atoms with van der Waals surface area (Å²) in [7, 11) is 0. The third-order valence-corrected chi connectivity index (χ3v) is 4.15. The Balaban J connectivity index is 1.84. The molecule has 2 aromatic carbocycles. The minimum absolute atomic E-state index is 0.0308. The number of aliphatic hydroxyl groups is 1. The number of aryl methyl sites for hydroxylation is 1. The van der Waals surface area contributed by atoms with Gasteiger partial charge in [-0.15, -0.1) is 0 Å². The molecule has 0 fully saturated rings. The Morgan fingerprint density at radius 3 is 2.43 bits per heavy atom. The first-order valence-corrected chi connectivity index (χ1v) is 8.92. The number of aliphatic hydroxyl groups excluding tert-OH is 1. The maximum atomic E-state index is 12.0. The molecule has 0 aliphatic rings. The van der Waals surface area contributed by atoms with E-state index in [0.29, 0.717) is 6.54 Å². The van der Waals surface area contributed by atoms with Crippen LogP contribution in [0.25, 0.3) is 0 Å². The molecule has 0 atom stereocenters. The summed E-state index contributed by atoms with van der Waals surface area (Å²) in [5.74, 6) is 1.09. The molecule has 0 unspecified atom stereocenters. The zero-order valence-corrected chi connectivity index (χ0v) is 14.0. The van der Waals surface area contributed by atoms with Crippen molar-refractivity contribution in [3.05, 3.63) is 65.2 Å². The Morgan fingerprint density at radius 2 is 1.78 bits per heavy atom. The molecule has 23 heavy (non-hydrogen) atoms. The van der Waals surface area contributed by atoms with Crippen molar-refractivity contribution < 1.29 is 9.90 Å². The van der Waals surface area contributed by atoms with E-state index in [0.717, 1.165) is 29.0 Å². The average molecular weight is 330 g/mol. The van der Waals surface area contributed by atoms with E-state index < -0.39 is 0 Å². The van der Waals surface area contributed by atoms with E-state index in [-0.39, 0.29) is 12.6 Å². The molecule has 2 amide bonds. The van der Waals surface area contributed by atoms with E-state index >= 15 is 0 Å². The van der Waals surface area contributed by atoms with Gasteiger partial charge in [-0.25, -0.2) is 4.79 Å². The van der Waals surface area contributed by atoms with E-state index in [1.54, 1.807) is 0 Å². The Labute approximate surface area is 141 Å². The smallest absolute Gasteiger partial charge is 0.319 e. The van der Waals surface area contributed by atoms with Crippen molar-refractivity contribution in [3.8, 4) is 0 Å². The summed E-state index contributed by atoms with van der Waals surface area (Å²) in [6.07, 6.45) is 3.13. The molecule has 0 spiro atoms. The lowest BCUT2D eigenvalue weighted by Gasteiger charge is -2.10. The monoisotopic (exact) mass is 330 g/mol. The summed E-state index contributed by atoms with van der Waals surface area (Å²) < 4.78 is 0.